The lowest BCUT2D eigenvalue weighted by molar-refractivity contribution is 0.0730. The van der Waals surface area contributed by atoms with Crippen molar-refractivity contribution in [2.24, 2.45) is 0 Å². The number of sulfonamides is 1. The number of amides is 1. The maximum atomic E-state index is 14.7. The smallest absolute Gasteiger partial charge is 0.261 e. The molecule has 1 amide bonds. The van der Waals surface area contributed by atoms with Gasteiger partial charge in [-0.3, -0.25) is 4.79 Å². The molecule has 0 radical (unpaired) electrons. The van der Waals surface area contributed by atoms with E-state index >= 15 is 0 Å². The fourth-order valence-corrected chi connectivity index (χ4v) is 4.74. The summed E-state index contributed by atoms with van der Waals surface area (Å²) in [6.07, 6.45) is 0.0202. The Bertz CT molecular complexity index is 1090. The normalized spacial score (nSPS) is 14.5. The molecule has 8 nitrogen and oxygen atoms in total. The van der Waals surface area contributed by atoms with Gasteiger partial charge in [0.15, 0.2) is 0 Å². The summed E-state index contributed by atoms with van der Waals surface area (Å²) in [6.45, 7) is 3.25. The van der Waals surface area contributed by atoms with Crippen molar-refractivity contribution < 1.29 is 27.1 Å². The molecule has 0 aromatic heterocycles. The standard InChI is InChI=1S/C22H24FN3O5S/c1-2-31-18-6-4-17(5-7-18)26(11-3-10-24)22(27)20-16-19(8-9-21(20)23)32(28,29)25-12-14-30-15-13-25/h4-9,16H,2-3,11-15H2,1H3. The Morgan fingerprint density at radius 1 is 1.22 bits per heavy atom. The van der Waals surface area contributed by atoms with E-state index < -0.39 is 21.7 Å². The summed E-state index contributed by atoms with van der Waals surface area (Å²) in [5, 5.41) is 9.00. The second-order valence-electron chi connectivity index (χ2n) is 6.95. The molecule has 1 heterocycles. The molecule has 0 atom stereocenters. The monoisotopic (exact) mass is 461 g/mol. The summed E-state index contributed by atoms with van der Waals surface area (Å²) in [5.74, 6) is -0.974. The number of carbonyl (C=O) groups excluding carboxylic acids is 1. The van der Waals surface area contributed by atoms with E-state index in [1.165, 1.54) is 9.21 Å². The topological polar surface area (TPSA) is 99.9 Å². The molecule has 0 unspecified atom stereocenters. The molecular weight excluding hydrogens is 437 g/mol. The number of halogens is 1. The highest BCUT2D eigenvalue weighted by molar-refractivity contribution is 7.89. The van der Waals surface area contributed by atoms with Gasteiger partial charge in [-0.1, -0.05) is 0 Å². The van der Waals surface area contributed by atoms with Crippen molar-refractivity contribution in [3.05, 3.63) is 53.8 Å². The van der Waals surface area contributed by atoms with Crippen molar-refractivity contribution in [2.45, 2.75) is 18.2 Å². The lowest BCUT2D eigenvalue weighted by atomic mass is 10.1. The third-order valence-corrected chi connectivity index (χ3v) is 6.82. The number of benzene rings is 2. The molecule has 0 bridgehead atoms. The Hall–Kier alpha value is -3.00. The predicted octanol–water partition coefficient (Wildman–Crippen LogP) is 2.81. The SMILES string of the molecule is CCOc1ccc(N(CCC#N)C(=O)c2cc(S(=O)(=O)N3CCOCC3)ccc2F)cc1. The van der Waals surface area contributed by atoms with Gasteiger partial charge in [-0.05, 0) is 49.4 Å². The Labute approximate surface area is 186 Å². The number of rotatable bonds is 8. The fraction of sp³-hybridized carbons (Fsp3) is 0.364. The summed E-state index contributed by atoms with van der Waals surface area (Å²) < 4.78 is 52.4. The van der Waals surface area contributed by atoms with Crippen LogP contribution in [0.25, 0.3) is 0 Å². The van der Waals surface area contributed by atoms with Crippen LogP contribution in [0.1, 0.15) is 23.7 Å². The van der Waals surface area contributed by atoms with Crippen LogP contribution in [0.5, 0.6) is 5.75 Å². The summed E-state index contributed by atoms with van der Waals surface area (Å²) in [7, 11) is -3.91. The number of ether oxygens (including phenoxy) is 2. The fourth-order valence-electron chi connectivity index (χ4n) is 3.31. The molecular formula is C22H24FN3O5S. The molecule has 10 heteroatoms. The summed E-state index contributed by atoms with van der Waals surface area (Å²) in [4.78, 5) is 14.3. The molecule has 0 aliphatic carbocycles. The van der Waals surface area contributed by atoms with E-state index in [9.17, 15) is 17.6 Å². The van der Waals surface area contributed by atoms with E-state index in [-0.39, 0.29) is 49.7 Å². The number of anilines is 1. The predicted molar refractivity (Wildman–Crippen MR) is 115 cm³/mol. The van der Waals surface area contributed by atoms with Crippen LogP contribution >= 0.6 is 0 Å². The largest absolute Gasteiger partial charge is 0.494 e. The highest BCUT2D eigenvalue weighted by atomic mass is 32.2. The lowest BCUT2D eigenvalue weighted by Gasteiger charge is -2.26. The molecule has 0 saturated carbocycles. The van der Waals surface area contributed by atoms with Gasteiger partial charge in [-0.15, -0.1) is 0 Å². The number of hydrogen-bond acceptors (Lipinski definition) is 6. The maximum Gasteiger partial charge on any atom is 0.261 e. The molecule has 0 N–H and O–H groups in total. The van der Waals surface area contributed by atoms with Crippen LogP contribution in [0.15, 0.2) is 47.4 Å². The first kappa shape index (κ1) is 23.7. The van der Waals surface area contributed by atoms with Crippen LogP contribution in [0.4, 0.5) is 10.1 Å². The Kier molecular flexibility index (Phi) is 7.80. The Morgan fingerprint density at radius 3 is 2.53 bits per heavy atom. The summed E-state index contributed by atoms with van der Waals surface area (Å²) in [6, 6.07) is 11.7. The minimum Gasteiger partial charge on any atom is -0.494 e. The van der Waals surface area contributed by atoms with Crippen molar-refractivity contribution in [3.8, 4) is 11.8 Å². The van der Waals surface area contributed by atoms with E-state index in [0.717, 1.165) is 18.2 Å². The first-order chi connectivity index (χ1) is 15.4. The van der Waals surface area contributed by atoms with Gasteiger partial charge in [0.1, 0.15) is 11.6 Å². The summed E-state index contributed by atoms with van der Waals surface area (Å²) in [5.41, 5.74) is 0.0562. The number of nitriles is 1. The minimum absolute atomic E-state index is 0.0171. The number of nitrogens with zero attached hydrogens (tertiary/aromatic N) is 3. The van der Waals surface area contributed by atoms with Crippen LogP contribution in [0.2, 0.25) is 0 Å². The molecule has 1 aliphatic heterocycles. The van der Waals surface area contributed by atoms with Crippen LogP contribution < -0.4 is 9.64 Å². The van der Waals surface area contributed by atoms with Crippen LogP contribution in [-0.2, 0) is 14.8 Å². The van der Waals surface area contributed by atoms with Gasteiger partial charge >= 0.3 is 0 Å². The van der Waals surface area contributed by atoms with Gasteiger partial charge in [-0.2, -0.15) is 9.57 Å². The van der Waals surface area contributed by atoms with Gasteiger partial charge < -0.3 is 14.4 Å². The van der Waals surface area contributed by atoms with E-state index in [0.29, 0.717) is 18.0 Å². The van der Waals surface area contributed by atoms with E-state index in [4.69, 9.17) is 14.7 Å². The van der Waals surface area contributed by atoms with Crippen molar-refractivity contribution in [1.82, 2.24) is 4.31 Å². The average molecular weight is 462 g/mol. The quantitative estimate of drug-likeness (QED) is 0.599. The van der Waals surface area contributed by atoms with Crippen molar-refractivity contribution >= 4 is 21.6 Å². The zero-order valence-electron chi connectivity index (χ0n) is 17.7. The summed E-state index contributed by atoms with van der Waals surface area (Å²) >= 11 is 0. The minimum atomic E-state index is -3.91. The van der Waals surface area contributed by atoms with Gasteiger partial charge in [-0.25, -0.2) is 12.8 Å². The molecule has 1 fully saturated rings. The maximum absolute atomic E-state index is 14.7. The molecule has 2 aromatic carbocycles. The van der Waals surface area contributed by atoms with Crippen molar-refractivity contribution in [1.29, 1.82) is 5.26 Å². The Balaban J connectivity index is 1.95. The van der Waals surface area contributed by atoms with Gasteiger partial charge in [0.25, 0.3) is 5.91 Å². The highest BCUT2D eigenvalue weighted by Crippen LogP contribution is 2.25. The van der Waals surface area contributed by atoms with E-state index in [1.807, 2.05) is 13.0 Å². The molecule has 1 aliphatic rings. The highest BCUT2D eigenvalue weighted by Gasteiger charge is 2.29. The molecule has 32 heavy (non-hydrogen) atoms. The zero-order valence-corrected chi connectivity index (χ0v) is 18.5. The van der Waals surface area contributed by atoms with E-state index in [2.05, 4.69) is 0 Å². The zero-order chi connectivity index (χ0) is 23.1. The third kappa shape index (κ3) is 5.24. The van der Waals surface area contributed by atoms with Crippen LogP contribution in [0, 0.1) is 17.1 Å². The van der Waals surface area contributed by atoms with Gasteiger partial charge in [0.2, 0.25) is 10.0 Å². The second-order valence-corrected chi connectivity index (χ2v) is 8.89. The van der Waals surface area contributed by atoms with Crippen LogP contribution in [0.3, 0.4) is 0 Å². The first-order valence-electron chi connectivity index (χ1n) is 10.2. The number of morpholine rings is 1. The number of hydrogen-bond donors (Lipinski definition) is 0. The average Bonchev–Trinajstić information content (AvgIpc) is 2.81. The number of carbonyl (C=O) groups is 1. The second kappa shape index (κ2) is 10.5. The molecule has 1 saturated heterocycles. The van der Waals surface area contributed by atoms with E-state index in [1.54, 1.807) is 24.3 Å². The van der Waals surface area contributed by atoms with Crippen molar-refractivity contribution in [3.63, 3.8) is 0 Å². The Morgan fingerprint density at radius 2 is 1.91 bits per heavy atom. The molecule has 3 rings (SSSR count). The lowest BCUT2D eigenvalue weighted by Crippen LogP contribution is -2.40. The molecule has 2 aromatic rings. The van der Waals surface area contributed by atoms with Crippen molar-refractivity contribution in [2.75, 3.05) is 44.4 Å². The third-order valence-electron chi connectivity index (χ3n) is 4.93. The van der Waals surface area contributed by atoms with Crippen LogP contribution in [-0.4, -0.2) is 58.1 Å². The molecule has 170 valence electrons. The van der Waals surface area contributed by atoms with Gasteiger partial charge in [0, 0.05) is 25.3 Å². The first-order valence-corrected chi connectivity index (χ1v) is 11.6. The van der Waals surface area contributed by atoms with Gasteiger partial charge in [0.05, 0.1) is 42.8 Å². The molecule has 0 spiro atoms.